The van der Waals surface area contributed by atoms with E-state index in [1.807, 2.05) is 0 Å². The summed E-state index contributed by atoms with van der Waals surface area (Å²) in [7, 11) is 0. The third kappa shape index (κ3) is 2.65. The molecule has 0 bridgehead atoms. The molecule has 0 aromatic heterocycles. The summed E-state index contributed by atoms with van der Waals surface area (Å²) in [6.45, 7) is 0. The molecule has 0 spiro atoms. The molecular weight excluding hydrogens is 345 g/mol. The van der Waals surface area contributed by atoms with Gasteiger partial charge in [0.25, 0.3) is 11.6 Å². The molecule has 2 N–H and O–H groups in total. The lowest BCUT2D eigenvalue weighted by molar-refractivity contribution is -0.288. The lowest BCUT2D eigenvalue weighted by Gasteiger charge is -2.36. The average Bonchev–Trinajstić information content (AvgIpc) is 2.68. The number of alkyl halides is 3. The topological polar surface area (TPSA) is 52.6 Å². The molecule has 0 saturated carbocycles. The second kappa shape index (κ2) is 5.97. The first-order valence-corrected chi connectivity index (χ1v) is 8.01. The smallest absolute Gasteiger partial charge is 0.359 e. The monoisotopic (exact) mass is 360 g/mol. The third-order valence-electron chi connectivity index (χ3n) is 4.38. The van der Waals surface area contributed by atoms with Crippen LogP contribution in [0.1, 0.15) is 42.5 Å². The van der Waals surface area contributed by atoms with Gasteiger partial charge < -0.3 is 5.11 Å². The van der Waals surface area contributed by atoms with E-state index >= 15 is 0 Å². The van der Waals surface area contributed by atoms with Gasteiger partial charge in [-0.1, -0.05) is 24.1 Å². The fraction of sp³-hybridized carbons (Fsp3) is 0.438. The normalized spacial score (nSPS) is 24.5. The van der Waals surface area contributed by atoms with E-state index < -0.39 is 17.8 Å². The summed E-state index contributed by atoms with van der Waals surface area (Å²) in [4.78, 5) is 12.6. The first kappa shape index (κ1) is 17.1. The molecule has 1 aliphatic carbocycles. The van der Waals surface area contributed by atoms with E-state index in [1.165, 1.54) is 24.3 Å². The molecule has 3 rings (SSSR count). The molecule has 1 heterocycles. The fourth-order valence-corrected chi connectivity index (χ4v) is 3.38. The maximum Gasteiger partial charge on any atom is 0.442 e. The standard InChI is InChI=1S/C16H16ClF3N2O2/c17-11-6-4-5-10(9-11)14(23)22-15(24,16(18,19)20)12-7-2-1-3-8-13(12)21-22/h4-6,9,21,24H,1-3,7-8H2. The molecule has 1 aromatic rings. The van der Waals surface area contributed by atoms with Gasteiger partial charge in [0.1, 0.15) is 0 Å². The van der Waals surface area contributed by atoms with Crippen LogP contribution in [0.15, 0.2) is 35.5 Å². The predicted octanol–water partition coefficient (Wildman–Crippen LogP) is 3.77. The van der Waals surface area contributed by atoms with Crippen LogP contribution in [0, 0.1) is 0 Å². The molecular formula is C16H16ClF3N2O2. The number of hydrazine groups is 1. The molecule has 1 aromatic carbocycles. The zero-order valence-electron chi connectivity index (χ0n) is 12.7. The summed E-state index contributed by atoms with van der Waals surface area (Å²) in [6.07, 6.45) is -2.53. The number of carbonyl (C=O) groups is 1. The van der Waals surface area contributed by atoms with Crippen molar-refractivity contribution >= 4 is 17.5 Å². The van der Waals surface area contributed by atoms with E-state index in [0.29, 0.717) is 19.3 Å². The van der Waals surface area contributed by atoms with Crippen molar-refractivity contribution in [2.45, 2.75) is 44.0 Å². The van der Waals surface area contributed by atoms with Gasteiger partial charge in [-0.2, -0.15) is 13.2 Å². The van der Waals surface area contributed by atoms with Gasteiger partial charge in [0.05, 0.1) is 0 Å². The first-order valence-electron chi connectivity index (χ1n) is 7.63. The van der Waals surface area contributed by atoms with E-state index in [4.69, 9.17) is 11.6 Å². The van der Waals surface area contributed by atoms with Crippen LogP contribution in [-0.4, -0.2) is 27.9 Å². The van der Waals surface area contributed by atoms with Crippen molar-refractivity contribution in [2.24, 2.45) is 0 Å². The Kier molecular flexibility index (Phi) is 4.25. The minimum absolute atomic E-state index is 0.0321. The van der Waals surface area contributed by atoms with Crippen molar-refractivity contribution < 1.29 is 23.1 Å². The predicted molar refractivity (Wildman–Crippen MR) is 81.9 cm³/mol. The number of nitrogens with one attached hydrogen (secondary N) is 1. The Labute approximate surface area is 141 Å². The lowest BCUT2D eigenvalue weighted by Crippen LogP contribution is -2.62. The van der Waals surface area contributed by atoms with Gasteiger partial charge in [-0.05, 0) is 43.9 Å². The molecule has 4 nitrogen and oxygen atoms in total. The number of rotatable bonds is 1. The van der Waals surface area contributed by atoms with E-state index in [0.717, 1.165) is 6.42 Å². The summed E-state index contributed by atoms with van der Waals surface area (Å²) in [5.74, 6) is -0.981. The van der Waals surface area contributed by atoms with Crippen molar-refractivity contribution in [1.82, 2.24) is 10.4 Å². The Balaban J connectivity index is 2.03. The largest absolute Gasteiger partial charge is 0.442 e. The number of hydrogen-bond donors (Lipinski definition) is 2. The van der Waals surface area contributed by atoms with Crippen LogP contribution in [0.5, 0.6) is 0 Å². The number of benzene rings is 1. The van der Waals surface area contributed by atoms with Crippen molar-refractivity contribution in [3.05, 3.63) is 46.1 Å². The lowest BCUT2D eigenvalue weighted by atomic mass is 9.96. The highest BCUT2D eigenvalue weighted by Gasteiger charge is 2.65. The minimum atomic E-state index is -5.02. The van der Waals surface area contributed by atoms with E-state index in [9.17, 15) is 23.1 Å². The summed E-state index contributed by atoms with van der Waals surface area (Å²) >= 11 is 5.81. The number of amides is 1. The van der Waals surface area contributed by atoms with E-state index in [1.54, 1.807) is 0 Å². The van der Waals surface area contributed by atoms with Gasteiger partial charge >= 0.3 is 6.18 Å². The van der Waals surface area contributed by atoms with Crippen molar-refractivity contribution in [2.75, 3.05) is 0 Å². The summed E-state index contributed by atoms with van der Waals surface area (Å²) in [5, 5.41) is 11.0. The first-order chi connectivity index (χ1) is 11.2. The molecule has 2 aliphatic rings. The molecule has 0 fully saturated rings. The molecule has 24 heavy (non-hydrogen) atoms. The van der Waals surface area contributed by atoms with Crippen molar-refractivity contribution in [3.8, 4) is 0 Å². The third-order valence-corrected chi connectivity index (χ3v) is 4.61. The molecule has 1 unspecified atom stereocenters. The summed E-state index contributed by atoms with van der Waals surface area (Å²) in [5.41, 5.74) is -0.759. The second-order valence-electron chi connectivity index (χ2n) is 5.95. The number of hydrogen-bond acceptors (Lipinski definition) is 3. The van der Waals surface area contributed by atoms with Crippen LogP contribution in [0.2, 0.25) is 5.02 Å². The summed E-state index contributed by atoms with van der Waals surface area (Å²) in [6, 6.07) is 5.61. The van der Waals surface area contributed by atoms with Gasteiger partial charge in [0.15, 0.2) is 0 Å². The van der Waals surface area contributed by atoms with E-state index in [2.05, 4.69) is 5.43 Å². The number of aliphatic hydroxyl groups is 1. The molecule has 8 heteroatoms. The molecule has 1 amide bonds. The number of carbonyl (C=O) groups excluding carboxylic acids is 1. The van der Waals surface area contributed by atoms with Crippen LogP contribution in [-0.2, 0) is 0 Å². The SMILES string of the molecule is O=C(c1cccc(Cl)c1)N1NC2=C(CCCCC2)C1(O)C(F)(F)F. The second-order valence-corrected chi connectivity index (χ2v) is 6.39. The average molecular weight is 361 g/mol. The number of halogens is 4. The maximum absolute atomic E-state index is 13.7. The van der Waals surface area contributed by atoms with Crippen molar-refractivity contribution in [3.63, 3.8) is 0 Å². The molecule has 0 saturated heterocycles. The Morgan fingerprint density at radius 3 is 2.62 bits per heavy atom. The minimum Gasteiger partial charge on any atom is -0.359 e. The van der Waals surface area contributed by atoms with Gasteiger partial charge in [-0.15, -0.1) is 0 Å². The highest BCUT2D eigenvalue weighted by Crippen LogP contribution is 2.47. The maximum atomic E-state index is 13.7. The molecule has 0 radical (unpaired) electrons. The Hall–Kier alpha value is -1.73. The van der Waals surface area contributed by atoms with Crippen LogP contribution >= 0.6 is 11.6 Å². The van der Waals surface area contributed by atoms with Gasteiger partial charge in [-0.3, -0.25) is 10.2 Å². The zero-order valence-corrected chi connectivity index (χ0v) is 13.4. The highest BCUT2D eigenvalue weighted by molar-refractivity contribution is 6.30. The number of nitrogens with zero attached hydrogens (tertiary/aromatic N) is 1. The molecule has 1 atom stereocenters. The molecule has 130 valence electrons. The molecule has 1 aliphatic heterocycles. The van der Waals surface area contributed by atoms with E-state index in [-0.39, 0.29) is 33.3 Å². The Morgan fingerprint density at radius 1 is 1.25 bits per heavy atom. The van der Waals surface area contributed by atoms with Crippen molar-refractivity contribution in [1.29, 1.82) is 0 Å². The van der Waals surface area contributed by atoms with Gasteiger partial charge in [0, 0.05) is 21.9 Å². The Morgan fingerprint density at radius 2 is 1.96 bits per heavy atom. The Bertz CT molecular complexity index is 705. The highest BCUT2D eigenvalue weighted by atomic mass is 35.5. The van der Waals surface area contributed by atoms with Crippen LogP contribution in [0.3, 0.4) is 0 Å². The quantitative estimate of drug-likeness (QED) is 0.801. The fourth-order valence-electron chi connectivity index (χ4n) is 3.19. The number of allylic oxidation sites excluding steroid dienone is 1. The summed E-state index contributed by atoms with van der Waals surface area (Å²) < 4.78 is 41.1. The van der Waals surface area contributed by atoms with Gasteiger partial charge in [0.2, 0.25) is 0 Å². The zero-order chi connectivity index (χ0) is 17.5. The van der Waals surface area contributed by atoms with Crippen LogP contribution in [0.25, 0.3) is 0 Å². The van der Waals surface area contributed by atoms with Gasteiger partial charge in [-0.25, -0.2) is 5.01 Å². The van der Waals surface area contributed by atoms with Crippen LogP contribution < -0.4 is 5.43 Å². The van der Waals surface area contributed by atoms with Crippen LogP contribution in [0.4, 0.5) is 13.2 Å².